The quantitative estimate of drug-likeness (QED) is 0.802. The van der Waals surface area contributed by atoms with E-state index in [9.17, 15) is 4.79 Å². The van der Waals surface area contributed by atoms with E-state index in [1.54, 1.807) is 6.92 Å². The Kier molecular flexibility index (Phi) is 4.20. The first-order valence-electron chi connectivity index (χ1n) is 6.35. The van der Waals surface area contributed by atoms with E-state index in [-0.39, 0.29) is 18.4 Å². The van der Waals surface area contributed by atoms with Crippen LogP contribution >= 0.6 is 0 Å². The molecule has 0 saturated heterocycles. The molecule has 1 aromatic rings. The number of fused-ring (bicyclic) bond motifs is 1. The summed E-state index contributed by atoms with van der Waals surface area (Å²) in [6.07, 6.45) is 2.04. The van der Waals surface area contributed by atoms with Crippen LogP contribution in [-0.4, -0.2) is 25.2 Å². The molecule has 98 valence electrons. The Labute approximate surface area is 107 Å². The van der Waals surface area contributed by atoms with E-state index in [0.29, 0.717) is 13.2 Å². The van der Waals surface area contributed by atoms with E-state index in [1.165, 1.54) is 11.1 Å². The van der Waals surface area contributed by atoms with Crippen LogP contribution in [0.4, 0.5) is 0 Å². The lowest BCUT2D eigenvalue weighted by Gasteiger charge is -2.10. The number of benzene rings is 1. The Morgan fingerprint density at radius 3 is 3.06 bits per heavy atom. The van der Waals surface area contributed by atoms with Gasteiger partial charge in [-0.3, -0.25) is 4.79 Å². The van der Waals surface area contributed by atoms with Gasteiger partial charge in [-0.1, -0.05) is 12.1 Å². The maximum Gasteiger partial charge on any atom is 0.309 e. The van der Waals surface area contributed by atoms with Crippen molar-refractivity contribution in [3.05, 3.63) is 29.3 Å². The second-order valence-corrected chi connectivity index (χ2v) is 4.47. The first kappa shape index (κ1) is 12.9. The summed E-state index contributed by atoms with van der Waals surface area (Å²) in [7, 11) is 0. The molecule has 2 rings (SSSR count). The van der Waals surface area contributed by atoms with Crippen LogP contribution in [0.15, 0.2) is 18.2 Å². The Balaban J connectivity index is 1.91. The minimum Gasteiger partial charge on any atom is -0.493 e. The van der Waals surface area contributed by atoms with E-state index in [2.05, 4.69) is 6.07 Å². The first-order valence-corrected chi connectivity index (χ1v) is 6.35. The third-order valence-electron chi connectivity index (χ3n) is 3.05. The highest BCUT2D eigenvalue weighted by Gasteiger charge is 2.21. The van der Waals surface area contributed by atoms with Gasteiger partial charge >= 0.3 is 5.97 Å². The molecule has 0 amide bonds. The Morgan fingerprint density at radius 2 is 2.28 bits per heavy atom. The second kappa shape index (κ2) is 5.87. The molecule has 1 aliphatic rings. The van der Waals surface area contributed by atoms with Crippen molar-refractivity contribution in [2.75, 3.05) is 13.2 Å². The molecular weight excluding hydrogens is 230 g/mol. The number of hydrogen-bond acceptors (Lipinski definition) is 4. The summed E-state index contributed by atoms with van der Waals surface area (Å²) in [5, 5.41) is 0. The van der Waals surface area contributed by atoms with Crippen molar-refractivity contribution in [3.63, 3.8) is 0 Å². The second-order valence-electron chi connectivity index (χ2n) is 4.47. The lowest BCUT2D eigenvalue weighted by molar-refractivity contribution is -0.143. The Bertz CT molecular complexity index is 431. The zero-order chi connectivity index (χ0) is 13.0. The molecule has 1 atom stereocenters. The topological polar surface area (TPSA) is 61.5 Å². The zero-order valence-corrected chi connectivity index (χ0v) is 10.6. The van der Waals surface area contributed by atoms with Crippen molar-refractivity contribution >= 4 is 5.97 Å². The van der Waals surface area contributed by atoms with Gasteiger partial charge in [0, 0.05) is 6.04 Å². The maximum absolute atomic E-state index is 11.2. The molecule has 2 N–H and O–H groups in total. The summed E-state index contributed by atoms with van der Waals surface area (Å²) < 4.78 is 10.5. The monoisotopic (exact) mass is 249 g/mol. The number of hydrogen-bond donors (Lipinski definition) is 1. The Hall–Kier alpha value is -1.55. The van der Waals surface area contributed by atoms with Crippen molar-refractivity contribution in [2.24, 2.45) is 5.73 Å². The standard InChI is InChI=1S/C14H19NO3/c1-2-17-14(16)6-7-18-13-5-3-4-10-8-11(15)9-12(10)13/h3-5,11H,2,6-9,15H2,1H3. The van der Waals surface area contributed by atoms with Crippen LogP contribution in [0.3, 0.4) is 0 Å². The molecule has 0 bridgehead atoms. The molecule has 0 heterocycles. The predicted octanol–water partition coefficient (Wildman–Crippen LogP) is 1.44. The lowest BCUT2D eigenvalue weighted by Crippen LogP contribution is -2.19. The molecule has 0 aliphatic heterocycles. The summed E-state index contributed by atoms with van der Waals surface area (Å²) in [4.78, 5) is 11.2. The van der Waals surface area contributed by atoms with E-state index >= 15 is 0 Å². The summed E-state index contributed by atoms with van der Waals surface area (Å²) in [5.41, 5.74) is 8.39. The molecule has 0 radical (unpaired) electrons. The minimum absolute atomic E-state index is 0.190. The SMILES string of the molecule is CCOC(=O)CCOc1cccc2c1CC(N)C2. The summed E-state index contributed by atoms with van der Waals surface area (Å²) >= 11 is 0. The van der Waals surface area contributed by atoms with Gasteiger partial charge in [-0.2, -0.15) is 0 Å². The van der Waals surface area contributed by atoms with Crippen molar-refractivity contribution < 1.29 is 14.3 Å². The van der Waals surface area contributed by atoms with E-state index in [0.717, 1.165) is 18.6 Å². The fraction of sp³-hybridized carbons (Fsp3) is 0.500. The summed E-state index contributed by atoms with van der Waals surface area (Å²) in [6, 6.07) is 6.17. The van der Waals surface area contributed by atoms with Crippen molar-refractivity contribution in [2.45, 2.75) is 32.2 Å². The van der Waals surface area contributed by atoms with Crippen molar-refractivity contribution in [1.29, 1.82) is 0 Å². The fourth-order valence-corrected chi connectivity index (χ4v) is 2.26. The predicted molar refractivity (Wildman–Crippen MR) is 68.6 cm³/mol. The molecule has 0 fully saturated rings. The molecule has 18 heavy (non-hydrogen) atoms. The number of rotatable bonds is 5. The van der Waals surface area contributed by atoms with E-state index < -0.39 is 0 Å². The van der Waals surface area contributed by atoms with Crippen LogP contribution < -0.4 is 10.5 Å². The molecule has 1 aliphatic carbocycles. The van der Waals surface area contributed by atoms with Gasteiger partial charge in [-0.15, -0.1) is 0 Å². The van der Waals surface area contributed by atoms with Gasteiger partial charge in [0.25, 0.3) is 0 Å². The van der Waals surface area contributed by atoms with Crippen molar-refractivity contribution in [1.82, 2.24) is 0 Å². The van der Waals surface area contributed by atoms with E-state index in [1.807, 2.05) is 12.1 Å². The van der Waals surface area contributed by atoms with E-state index in [4.69, 9.17) is 15.2 Å². The number of nitrogens with two attached hydrogens (primary N) is 1. The van der Waals surface area contributed by atoms with Gasteiger partial charge in [0.05, 0.1) is 19.6 Å². The van der Waals surface area contributed by atoms with Gasteiger partial charge in [-0.25, -0.2) is 0 Å². The molecule has 1 unspecified atom stereocenters. The van der Waals surface area contributed by atoms with Crippen LogP contribution in [0.25, 0.3) is 0 Å². The van der Waals surface area contributed by atoms with Crippen LogP contribution in [0.1, 0.15) is 24.5 Å². The molecular formula is C14H19NO3. The smallest absolute Gasteiger partial charge is 0.309 e. The molecule has 0 spiro atoms. The van der Waals surface area contributed by atoms with Crippen LogP contribution in [-0.2, 0) is 22.4 Å². The molecule has 4 nitrogen and oxygen atoms in total. The first-order chi connectivity index (χ1) is 8.70. The fourth-order valence-electron chi connectivity index (χ4n) is 2.26. The van der Waals surface area contributed by atoms with Crippen molar-refractivity contribution in [3.8, 4) is 5.75 Å². The molecule has 0 aromatic heterocycles. The third kappa shape index (κ3) is 3.01. The molecule has 0 saturated carbocycles. The summed E-state index contributed by atoms with van der Waals surface area (Å²) in [6.45, 7) is 2.56. The van der Waals surface area contributed by atoms with Crippen LogP contribution in [0.2, 0.25) is 0 Å². The Morgan fingerprint density at radius 1 is 1.44 bits per heavy atom. The van der Waals surface area contributed by atoms with Gasteiger partial charge in [-0.05, 0) is 37.0 Å². The average molecular weight is 249 g/mol. The largest absolute Gasteiger partial charge is 0.493 e. The van der Waals surface area contributed by atoms with Gasteiger partial charge < -0.3 is 15.2 Å². The third-order valence-corrected chi connectivity index (χ3v) is 3.05. The highest BCUT2D eigenvalue weighted by atomic mass is 16.5. The minimum atomic E-state index is -0.221. The zero-order valence-electron chi connectivity index (χ0n) is 10.6. The summed E-state index contributed by atoms with van der Waals surface area (Å²) in [5.74, 6) is 0.631. The number of carbonyl (C=O) groups is 1. The van der Waals surface area contributed by atoms with Crippen LogP contribution in [0.5, 0.6) is 5.75 Å². The number of ether oxygens (including phenoxy) is 2. The van der Waals surface area contributed by atoms with Gasteiger partial charge in [0.15, 0.2) is 0 Å². The molecule has 4 heteroatoms. The van der Waals surface area contributed by atoms with Gasteiger partial charge in [0.2, 0.25) is 0 Å². The number of carbonyl (C=O) groups excluding carboxylic acids is 1. The highest BCUT2D eigenvalue weighted by Crippen LogP contribution is 2.30. The number of esters is 1. The maximum atomic E-state index is 11.2. The van der Waals surface area contributed by atoms with Gasteiger partial charge in [0.1, 0.15) is 5.75 Å². The molecule has 1 aromatic carbocycles. The normalized spacial score (nSPS) is 17.3. The highest BCUT2D eigenvalue weighted by molar-refractivity contribution is 5.69. The lowest BCUT2D eigenvalue weighted by atomic mass is 10.1. The van der Waals surface area contributed by atoms with Crippen LogP contribution in [0, 0.1) is 0 Å². The average Bonchev–Trinajstić information content (AvgIpc) is 2.70.